The largest absolute Gasteiger partial charge is 0.486 e. The number of ether oxygens (including phenoxy) is 1. The lowest BCUT2D eigenvalue weighted by Crippen LogP contribution is -1.99. The number of benzene rings is 2. The van der Waals surface area contributed by atoms with Crippen LogP contribution < -0.4 is 4.74 Å². The van der Waals surface area contributed by atoms with Gasteiger partial charge in [0.15, 0.2) is 0 Å². The number of carbonyl (C=O) groups is 1. The Hall–Kier alpha value is -2.82. The molecule has 3 rings (SSSR count). The van der Waals surface area contributed by atoms with E-state index in [9.17, 15) is 4.79 Å². The average Bonchev–Trinajstić information content (AvgIpc) is 2.88. The molecular weight excluding hydrogens is 280 g/mol. The Morgan fingerprint density at radius 3 is 2.73 bits per heavy atom. The molecule has 0 aliphatic heterocycles. The van der Waals surface area contributed by atoms with Gasteiger partial charge in [0, 0.05) is 0 Å². The molecule has 0 fully saturated rings. The van der Waals surface area contributed by atoms with Crippen LogP contribution in [0, 0.1) is 6.92 Å². The van der Waals surface area contributed by atoms with E-state index in [1.807, 2.05) is 43.3 Å². The smallest absolute Gasteiger partial charge is 0.307 e. The molecule has 0 aliphatic carbocycles. The SMILES string of the molecule is Cc1ccc(OCc2nc3ccc(CC(=O)O)cc3[nH]2)cc1. The first-order chi connectivity index (χ1) is 10.6. The first-order valence-electron chi connectivity index (χ1n) is 6.99. The molecule has 0 atom stereocenters. The molecule has 2 aromatic carbocycles. The quantitative estimate of drug-likeness (QED) is 0.758. The molecule has 1 heterocycles. The lowest BCUT2D eigenvalue weighted by molar-refractivity contribution is -0.136. The Morgan fingerprint density at radius 1 is 1.23 bits per heavy atom. The van der Waals surface area contributed by atoms with Crippen LogP contribution in [0.5, 0.6) is 5.75 Å². The summed E-state index contributed by atoms with van der Waals surface area (Å²) < 4.78 is 5.68. The number of hydrogen-bond acceptors (Lipinski definition) is 3. The van der Waals surface area contributed by atoms with Crippen LogP contribution in [0.15, 0.2) is 42.5 Å². The molecule has 1 aromatic heterocycles. The fourth-order valence-corrected chi connectivity index (χ4v) is 2.25. The van der Waals surface area contributed by atoms with Gasteiger partial charge >= 0.3 is 5.97 Å². The number of nitrogens with zero attached hydrogens (tertiary/aromatic N) is 1. The molecule has 0 saturated carbocycles. The van der Waals surface area contributed by atoms with E-state index in [-0.39, 0.29) is 6.42 Å². The zero-order valence-electron chi connectivity index (χ0n) is 12.2. The van der Waals surface area contributed by atoms with E-state index in [0.717, 1.165) is 22.3 Å². The van der Waals surface area contributed by atoms with Crippen molar-refractivity contribution in [2.24, 2.45) is 0 Å². The van der Waals surface area contributed by atoms with Crippen LogP contribution in [0.25, 0.3) is 11.0 Å². The summed E-state index contributed by atoms with van der Waals surface area (Å²) in [5.41, 5.74) is 3.55. The maximum Gasteiger partial charge on any atom is 0.307 e. The summed E-state index contributed by atoms with van der Waals surface area (Å²) in [5.74, 6) is 0.655. The van der Waals surface area contributed by atoms with E-state index in [1.54, 1.807) is 6.07 Å². The van der Waals surface area contributed by atoms with Crippen LogP contribution in [0.2, 0.25) is 0 Å². The van der Waals surface area contributed by atoms with Gasteiger partial charge < -0.3 is 14.8 Å². The molecule has 0 radical (unpaired) electrons. The molecule has 22 heavy (non-hydrogen) atoms. The van der Waals surface area contributed by atoms with Crippen molar-refractivity contribution in [3.05, 3.63) is 59.4 Å². The average molecular weight is 296 g/mol. The number of imidazole rings is 1. The molecule has 0 spiro atoms. The van der Waals surface area contributed by atoms with E-state index in [2.05, 4.69) is 9.97 Å². The Balaban J connectivity index is 1.74. The van der Waals surface area contributed by atoms with E-state index < -0.39 is 5.97 Å². The Morgan fingerprint density at radius 2 is 2.00 bits per heavy atom. The van der Waals surface area contributed by atoms with E-state index >= 15 is 0 Å². The first-order valence-corrected chi connectivity index (χ1v) is 6.99. The molecule has 5 nitrogen and oxygen atoms in total. The van der Waals surface area contributed by atoms with Gasteiger partial charge in [0.05, 0.1) is 17.5 Å². The van der Waals surface area contributed by atoms with Crippen molar-refractivity contribution in [3.8, 4) is 5.75 Å². The summed E-state index contributed by atoms with van der Waals surface area (Å²) in [5, 5.41) is 8.83. The molecule has 2 N–H and O–H groups in total. The standard InChI is InChI=1S/C17H16N2O3/c1-11-2-5-13(6-3-11)22-10-16-18-14-7-4-12(9-17(20)21)8-15(14)19-16/h2-8H,9-10H2,1H3,(H,18,19)(H,20,21). The van der Waals surface area contributed by atoms with E-state index in [0.29, 0.717) is 12.4 Å². The lowest BCUT2D eigenvalue weighted by Gasteiger charge is -2.03. The summed E-state index contributed by atoms with van der Waals surface area (Å²) in [6, 6.07) is 13.2. The van der Waals surface area contributed by atoms with Gasteiger partial charge in [-0.15, -0.1) is 0 Å². The Labute approximate surface area is 127 Å². The van der Waals surface area contributed by atoms with Gasteiger partial charge in [-0.3, -0.25) is 4.79 Å². The third-order valence-electron chi connectivity index (χ3n) is 3.35. The van der Waals surface area contributed by atoms with Crippen molar-refractivity contribution < 1.29 is 14.6 Å². The summed E-state index contributed by atoms with van der Waals surface area (Å²) in [4.78, 5) is 18.3. The second-order valence-electron chi connectivity index (χ2n) is 5.21. The predicted molar refractivity (Wildman–Crippen MR) is 82.9 cm³/mol. The van der Waals surface area contributed by atoms with Crippen LogP contribution in [0.1, 0.15) is 17.0 Å². The minimum Gasteiger partial charge on any atom is -0.486 e. The van der Waals surface area contributed by atoms with Crippen LogP contribution >= 0.6 is 0 Å². The summed E-state index contributed by atoms with van der Waals surface area (Å²) in [7, 11) is 0. The monoisotopic (exact) mass is 296 g/mol. The van der Waals surface area contributed by atoms with Crippen molar-refractivity contribution in [1.29, 1.82) is 0 Å². The van der Waals surface area contributed by atoms with Gasteiger partial charge in [-0.2, -0.15) is 0 Å². The minimum atomic E-state index is -0.846. The van der Waals surface area contributed by atoms with Gasteiger partial charge in [-0.25, -0.2) is 4.98 Å². The molecule has 3 aromatic rings. The Kier molecular flexibility index (Phi) is 3.78. The third kappa shape index (κ3) is 3.25. The molecule has 5 heteroatoms. The second kappa shape index (κ2) is 5.89. The second-order valence-corrected chi connectivity index (χ2v) is 5.21. The highest BCUT2D eigenvalue weighted by atomic mass is 16.5. The van der Waals surface area contributed by atoms with Crippen molar-refractivity contribution in [1.82, 2.24) is 9.97 Å². The van der Waals surface area contributed by atoms with Gasteiger partial charge in [-0.05, 0) is 36.8 Å². The van der Waals surface area contributed by atoms with Crippen LogP contribution in [-0.2, 0) is 17.8 Å². The highest BCUT2D eigenvalue weighted by Gasteiger charge is 2.06. The van der Waals surface area contributed by atoms with Gasteiger partial charge in [0.1, 0.15) is 18.2 Å². The molecule has 0 aliphatic rings. The van der Waals surface area contributed by atoms with Crippen LogP contribution in [0.4, 0.5) is 0 Å². The maximum atomic E-state index is 10.7. The van der Waals surface area contributed by atoms with Gasteiger partial charge in [0.25, 0.3) is 0 Å². The molecule has 0 saturated heterocycles. The predicted octanol–water partition coefficient (Wildman–Crippen LogP) is 3.08. The van der Waals surface area contributed by atoms with Crippen LogP contribution in [0.3, 0.4) is 0 Å². The highest BCUT2D eigenvalue weighted by molar-refractivity contribution is 5.78. The number of aliphatic carboxylic acids is 1. The zero-order valence-corrected chi connectivity index (χ0v) is 12.2. The molecular formula is C17H16N2O3. The number of fused-ring (bicyclic) bond motifs is 1. The molecule has 112 valence electrons. The fourth-order valence-electron chi connectivity index (χ4n) is 2.25. The number of aryl methyl sites for hydroxylation is 1. The number of hydrogen-bond donors (Lipinski definition) is 2. The van der Waals surface area contributed by atoms with E-state index in [4.69, 9.17) is 9.84 Å². The van der Waals surface area contributed by atoms with Crippen molar-refractivity contribution >= 4 is 17.0 Å². The van der Waals surface area contributed by atoms with Gasteiger partial charge in [-0.1, -0.05) is 23.8 Å². The number of carboxylic acid groups (broad SMARTS) is 1. The summed E-state index contributed by atoms with van der Waals surface area (Å²) >= 11 is 0. The maximum absolute atomic E-state index is 10.7. The number of carboxylic acids is 1. The van der Waals surface area contributed by atoms with Crippen molar-refractivity contribution in [2.45, 2.75) is 20.0 Å². The molecule has 0 bridgehead atoms. The van der Waals surface area contributed by atoms with Crippen molar-refractivity contribution in [2.75, 3.05) is 0 Å². The first kappa shape index (κ1) is 14.1. The van der Waals surface area contributed by atoms with Crippen LogP contribution in [-0.4, -0.2) is 21.0 Å². The fraction of sp³-hybridized carbons (Fsp3) is 0.176. The highest BCUT2D eigenvalue weighted by Crippen LogP contribution is 2.17. The van der Waals surface area contributed by atoms with E-state index in [1.165, 1.54) is 5.56 Å². The van der Waals surface area contributed by atoms with Gasteiger partial charge in [0.2, 0.25) is 0 Å². The number of nitrogens with one attached hydrogen (secondary N) is 1. The number of H-pyrrole nitrogens is 1. The third-order valence-corrected chi connectivity index (χ3v) is 3.35. The minimum absolute atomic E-state index is 0.00413. The zero-order chi connectivity index (χ0) is 15.5. The number of aromatic amines is 1. The lowest BCUT2D eigenvalue weighted by atomic mass is 10.1. The number of aromatic nitrogens is 2. The molecule has 0 unspecified atom stereocenters. The normalized spacial score (nSPS) is 10.8. The topological polar surface area (TPSA) is 75.2 Å². The summed E-state index contributed by atoms with van der Waals surface area (Å²) in [6.07, 6.45) is 0.00413. The summed E-state index contributed by atoms with van der Waals surface area (Å²) in [6.45, 7) is 2.36. The molecule has 0 amide bonds. The van der Waals surface area contributed by atoms with Crippen molar-refractivity contribution in [3.63, 3.8) is 0 Å². The number of rotatable bonds is 5. The Bertz CT molecular complexity index is 806.